The van der Waals surface area contributed by atoms with E-state index >= 15 is 0 Å². The molecule has 1 atom stereocenters. The van der Waals surface area contributed by atoms with Gasteiger partial charge in [-0.3, -0.25) is 9.68 Å². The van der Waals surface area contributed by atoms with E-state index in [0.29, 0.717) is 6.67 Å². The number of aliphatic hydroxyl groups is 1. The van der Waals surface area contributed by atoms with Gasteiger partial charge in [-0.2, -0.15) is 5.06 Å². The lowest BCUT2D eigenvalue weighted by molar-refractivity contribution is -0.212. The Bertz CT molecular complexity index is 197. The van der Waals surface area contributed by atoms with Gasteiger partial charge in [-0.15, -0.1) is 0 Å². The zero-order valence-electron chi connectivity index (χ0n) is 8.31. The van der Waals surface area contributed by atoms with E-state index in [0.717, 1.165) is 13.1 Å². The second kappa shape index (κ2) is 6.53. The van der Waals surface area contributed by atoms with Crippen LogP contribution in [-0.4, -0.2) is 55.3 Å². The molecule has 0 aromatic carbocycles. The molecule has 1 saturated heterocycles. The number of hydroxylamine groups is 3. The van der Waals surface area contributed by atoms with E-state index in [2.05, 4.69) is 5.32 Å². The van der Waals surface area contributed by atoms with Crippen molar-refractivity contribution in [1.29, 1.82) is 0 Å². The molecule has 0 spiro atoms. The standard InChI is InChI=1S/C7H16N4O4/c8-7(13)10-14-4-6(3-12)15-11-2-1-9-5-11/h6,9,12H,1-5H2,(H3,8,10,13). The number of amides is 2. The van der Waals surface area contributed by atoms with E-state index in [-0.39, 0.29) is 13.2 Å². The van der Waals surface area contributed by atoms with Gasteiger partial charge in [0.1, 0.15) is 12.7 Å². The SMILES string of the molecule is NC(=O)NOCC(CO)ON1CCNC1. The van der Waals surface area contributed by atoms with Gasteiger partial charge in [0.2, 0.25) is 0 Å². The Hall–Kier alpha value is -0.930. The third kappa shape index (κ3) is 4.91. The Morgan fingerprint density at radius 3 is 3.07 bits per heavy atom. The minimum absolute atomic E-state index is 0.0376. The number of hydrogen-bond donors (Lipinski definition) is 4. The summed E-state index contributed by atoms with van der Waals surface area (Å²) in [6.45, 7) is 2.05. The molecule has 1 aliphatic heterocycles. The number of rotatable bonds is 6. The summed E-state index contributed by atoms with van der Waals surface area (Å²) in [4.78, 5) is 20.3. The van der Waals surface area contributed by atoms with Crippen molar-refractivity contribution in [2.24, 2.45) is 5.73 Å². The second-order valence-corrected chi connectivity index (χ2v) is 3.05. The molecule has 88 valence electrons. The Morgan fingerprint density at radius 1 is 1.73 bits per heavy atom. The van der Waals surface area contributed by atoms with E-state index in [1.165, 1.54) is 0 Å². The molecule has 1 aliphatic rings. The van der Waals surface area contributed by atoms with Gasteiger partial charge in [-0.25, -0.2) is 10.3 Å². The number of hydrogen-bond acceptors (Lipinski definition) is 6. The molecule has 0 aliphatic carbocycles. The predicted octanol–water partition coefficient (Wildman–Crippen LogP) is -2.26. The van der Waals surface area contributed by atoms with Gasteiger partial charge in [-0.1, -0.05) is 0 Å². The molecular weight excluding hydrogens is 204 g/mol. The van der Waals surface area contributed by atoms with Crippen LogP contribution in [0.4, 0.5) is 4.79 Å². The molecule has 8 nitrogen and oxygen atoms in total. The van der Waals surface area contributed by atoms with Crippen molar-refractivity contribution >= 4 is 6.03 Å². The summed E-state index contributed by atoms with van der Waals surface area (Å²) in [5.41, 5.74) is 6.73. The zero-order valence-corrected chi connectivity index (χ0v) is 8.31. The Balaban J connectivity index is 2.13. The minimum atomic E-state index is -0.783. The van der Waals surface area contributed by atoms with Crippen LogP contribution in [0.15, 0.2) is 0 Å². The number of carbonyl (C=O) groups excluding carboxylic acids is 1. The first-order valence-electron chi connectivity index (χ1n) is 4.63. The van der Waals surface area contributed by atoms with Gasteiger partial charge < -0.3 is 16.2 Å². The van der Waals surface area contributed by atoms with Crippen molar-refractivity contribution < 1.29 is 19.6 Å². The summed E-state index contributed by atoms with van der Waals surface area (Å²) >= 11 is 0. The minimum Gasteiger partial charge on any atom is -0.393 e. The smallest absolute Gasteiger partial charge is 0.336 e. The maximum Gasteiger partial charge on any atom is 0.336 e. The maximum absolute atomic E-state index is 10.3. The van der Waals surface area contributed by atoms with Crippen molar-refractivity contribution in [3.8, 4) is 0 Å². The van der Waals surface area contributed by atoms with Gasteiger partial charge in [0.15, 0.2) is 0 Å². The van der Waals surface area contributed by atoms with Crippen molar-refractivity contribution in [3.05, 3.63) is 0 Å². The third-order valence-corrected chi connectivity index (χ3v) is 1.77. The highest BCUT2D eigenvalue weighted by atomic mass is 16.7. The molecule has 1 heterocycles. The molecule has 8 heteroatoms. The van der Waals surface area contributed by atoms with Gasteiger partial charge in [0.05, 0.1) is 13.3 Å². The van der Waals surface area contributed by atoms with E-state index < -0.39 is 12.1 Å². The Kier molecular flexibility index (Phi) is 5.29. The molecule has 1 fully saturated rings. The highest BCUT2D eigenvalue weighted by Gasteiger charge is 2.17. The normalized spacial score (nSPS) is 19.0. The van der Waals surface area contributed by atoms with Gasteiger partial charge in [0, 0.05) is 13.1 Å². The van der Waals surface area contributed by atoms with Crippen molar-refractivity contribution in [2.45, 2.75) is 6.10 Å². The van der Waals surface area contributed by atoms with Crippen LogP contribution < -0.4 is 16.5 Å². The molecule has 0 bridgehead atoms. The molecule has 1 unspecified atom stereocenters. The summed E-state index contributed by atoms with van der Waals surface area (Å²) in [6, 6.07) is -0.783. The fraction of sp³-hybridized carbons (Fsp3) is 0.857. The van der Waals surface area contributed by atoms with Crippen molar-refractivity contribution in [3.63, 3.8) is 0 Å². The first-order valence-corrected chi connectivity index (χ1v) is 4.63. The molecule has 0 saturated carbocycles. The number of nitrogens with zero attached hydrogens (tertiary/aromatic N) is 1. The van der Waals surface area contributed by atoms with Crippen LogP contribution in [0, 0.1) is 0 Å². The van der Waals surface area contributed by atoms with Crippen LogP contribution in [0.1, 0.15) is 0 Å². The number of urea groups is 1. The molecule has 5 N–H and O–H groups in total. The number of aliphatic hydroxyl groups excluding tert-OH is 1. The number of nitrogens with two attached hydrogens (primary N) is 1. The second-order valence-electron chi connectivity index (χ2n) is 3.05. The van der Waals surface area contributed by atoms with E-state index in [1.807, 2.05) is 5.48 Å². The molecule has 0 aromatic heterocycles. The number of carbonyl (C=O) groups is 1. The topological polar surface area (TPSA) is 109 Å². The first-order chi connectivity index (χ1) is 7.22. The summed E-state index contributed by atoms with van der Waals surface area (Å²) in [7, 11) is 0. The monoisotopic (exact) mass is 220 g/mol. The Morgan fingerprint density at radius 2 is 2.53 bits per heavy atom. The van der Waals surface area contributed by atoms with Crippen LogP contribution >= 0.6 is 0 Å². The maximum atomic E-state index is 10.3. The fourth-order valence-electron chi connectivity index (χ4n) is 1.11. The Labute approximate surface area is 87.2 Å². The average Bonchev–Trinajstić information content (AvgIpc) is 2.68. The molecule has 0 aromatic rings. The zero-order chi connectivity index (χ0) is 11.1. The van der Waals surface area contributed by atoms with Crippen LogP contribution in [0.3, 0.4) is 0 Å². The molecule has 2 amide bonds. The van der Waals surface area contributed by atoms with E-state index in [4.69, 9.17) is 20.5 Å². The molecule has 1 rings (SSSR count). The molecule has 0 radical (unpaired) electrons. The predicted molar refractivity (Wildman–Crippen MR) is 50.2 cm³/mol. The number of primary amides is 1. The highest BCUT2D eigenvalue weighted by Crippen LogP contribution is 2.00. The summed E-state index contributed by atoms with van der Waals surface area (Å²) in [5.74, 6) is 0. The quantitative estimate of drug-likeness (QED) is 0.376. The lowest BCUT2D eigenvalue weighted by atomic mass is 10.4. The van der Waals surface area contributed by atoms with Crippen LogP contribution in [0.25, 0.3) is 0 Å². The fourth-order valence-corrected chi connectivity index (χ4v) is 1.11. The van der Waals surface area contributed by atoms with Crippen molar-refractivity contribution in [2.75, 3.05) is 33.0 Å². The summed E-state index contributed by atoms with van der Waals surface area (Å²) in [5, 5.41) is 13.7. The van der Waals surface area contributed by atoms with E-state index in [9.17, 15) is 4.79 Å². The van der Waals surface area contributed by atoms with Gasteiger partial charge in [0.25, 0.3) is 0 Å². The average molecular weight is 220 g/mol. The first kappa shape index (κ1) is 12.1. The molecule has 15 heavy (non-hydrogen) atoms. The van der Waals surface area contributed by atoms with Crippen LogP contribution in [-0.2, 0) is 9.68 Å². The van der Waals surface area contributed by atoms with Crippen LogP contribution in [0.5, 0.6) is 0 Å². The largest absolute Gasteiger partial charge is 0.393 e. The summed E-state index contributed by atoms with van der Waals surface area (Å²) < 4.78 is 0. The van der Waals surface area contributed by atoms with E-state index in [1.54, 1.807) is 5.06 Å². The summed E-state index contributed by atoms with van der Waals surface area (Å²) in [6.07, 6.45) is -0.517. The van der Waals surface area contributed by atoms with Gasteiger partial charge in [-0.05, 0) is 0 Å². The highest BCUT2D eigenvalue weighted by molar-refractivity contribution is 5.70. The lowest BCUT2D eigenvalue weighted by Crippen LogP contribution is -2.38. The third-order valence-electron chi connectivity index (χ3n) is 1.77. The molecular formula is C7H16N4O4. The van der Waals surface area contributed by atoms with Gasteiger partial charge >= 0.3 is 6.03 Å². The van der Waals surface area contributed by atoms with Crippen molar-refractivity contribution in [1.82, 2.24) is 15.9 Å². The van der Waals surface area contributed by atoms with Crippen LogP contribution in [0.2, 0.25) is 0 Å². The lowest BCUT2D eigenvalue weighted by Gasteiger charge is -2.21. The number of nitrogens with one attached hydrogen (secondary N) is 2.